The van der Waals surface area contributed by atoms with Gasteiger partial charge in [-0.15, -0.1) is 0 Å². The first-order valence-electron chi connectivity index (χ1n) is 9.10. The molecule has 0 radical (unpaired) electrons. The van der Waals surface area contributed by atoms with Gasteiger partial charge in [-0.1, -0.05) is 12.1 Å². The molecule has 1 amide bonds. The Kier molecular flexibility index (Phi) is 4.63. The van der Waals surface area contributed by atoms with Crippen molar-refractivity contribution in [3.8, 4) is 11.4 Å². The van der Waals surface area contributed by atoms with Gasteiger partial charge in [-0.3, -0.25) is 4.79 Å². The molecule has 0 aliphatic carbocycles. The molecule has 1 saturated heterocycles. The molecule has 7 heteroatoms. The van der Waals surface area contributed by atoms with Crippen molar-refractivity contribution in [3.63, 3.8) is 0 Å². The number of hydrogen-bond acceptors (Lipinski definition) is 5. The molecule has 7 nitrogen and oxygen atoms in total. The van der Waals surface area contributed by atoms with Gasteiger partial charge in [0.25, 0.3) is 5.91 Å². The van der Waals surface area contributed by atoms with Gasteiger partial charge in [-0.05, 0) is 43.4 Å². The summed E-state index contributed by atoms with van der Waals surface area (Å²) in [5.41, 5.74) is 16.0. The number of aromatic amines is 1. The van der Waals surface area contributed by atoms with Crippen LogP contribution < -0.4 is 11.5 Å². The van der Waals surface area contributed by atoms with Crippen LogP contribution >= 0.6 is 0 Å². The number of primary amides is 1. The molecule has 1 fully saturated rings. The molecule has 140 valence electrons. The summed E-state index contributed by atoms with van der Waals surface area (Å²) in [7, 11) is 0. The molecule has 3 heterocycles. The van der Waals surface area contributed by atoms with Crippen molar-refractivity contribution in [2.75, 3.05) is 13.2 Å². The average molecular weight is 365 g/mol. The summed E-state index contributed by atoms with van der Waals surface area (Å²) in [5.74, 6) is -0.313. The Morgan fingerprint density at radius 3 is 3.00 bits per heavy atom. The number of rotatable bonds is 4. The number of ether oxygens (including phenoxy) is 1. The molecule has 2 aromatic heterocycles. The van der Waals surface area contributed by atoms with Gasteiger partial charge in [0.2, 0.25) is 0 Å². The number of fused-ring (bicyclic) bond motifs is 1. The molecule has 0 spiro atoms. The number of nitrogens with zero attached hydrogens (tertiary/aromatic N) is 2. The van der Waals surface area contributed by atoms with E-state index in [1.807, 2.05) is 31.2 Å². The van der Waals surface area contributed by atoms with E-state index in [2.05, 4.69) is 9.97 Å². The highest BCUT2D eigenvalue weighted by molar-refractivity contribution is 5.98. The van der Waals surface area contributed by atoms with Gasteiger partial charge in [-0.2, -0.15) is 0 Å². The molecule has 0 saturated carbocycles. The number of benzene rings is 1. The fourth-order valence-corrected chi connectivity index (χ4v) is 3.65. The normalized spacial score (nSPS) is 20.1. The lowest BCUT2D eigenvalue weighted by molar-refractivity contribution is 0.0489. The monoisotopic (exact) mass is 365 g/mol. The third-order valence-electron chi connectivity index (χ3n) is 5.21. The van der Waals surface area contributed by atoms with Gasteiger partial charge in [0.15, 0.2) is 5.69 Å². The largest absolute Gasteiger partial charge is 0.380 e. The van der Waals surface area contributed by atoms with Gasteiger partial charge >= 0.3 is 0 Å². The van der Waals surface area contributed by atoms with Crippen molar-refractivity contribution < 1.29 is 9.53 Å². The Hall–Kier alpha value is -2.77. The van der Waals surface area contributed by atoms with Gasteiger partial charge in [-0.25, -0.2) is 9.97 Å². The minimum Gasteiger partial charge on any atom is -0.380 e. The highest BCUT2D eigenvalue weighted by Gasteiger charge is 2.24. The Morgan fingerprint density at radius 2 is 2.26 bits per heavy atom. The maximum Gasteiger partial charge on any atom is 0.269 e. The number of H-pyrrole nitrogens is 1. The van der Waals surface area contributed by atoms with Crippen LogP contribution in [0.5, 0.6) is 0 Å². The van der Waals surface area contributed by atoms with Crippen LogP contribution in [0.15, 0.2) is 30.5 Å². The molecule has 1 aromatic carbocycles. The number of aromatic nitrogens is 3. The second kappa shape index (κ2) is 7.09. The summed E-state index contributed by atoms with van der Waals surface area (Å²) in [5, 5.41) is 1.08. The zero-order valence-electron chi connectivity index (χ0n) is 15.2. The molecular formula is C20H23N5O2. The quantitative estimate of drug-likeness (QED) is 0.652. The van der Waals surface area contributed by atoms with E-state index in [-0.39, 0.29) is 17.7 Å². The van der Waals surface area contributed by atoms with Crippen LogP contribution in [0.2, 0.25) is 0 Å². The second-order valence-electron chi connectivity index (χ2n) is 7.13. The molecule has 4 rings (SSSR count). The highest BCUT2D eigenvalue weighted by Crippen LogP contribution is 2.27. The summed E-state index contributed by atoms with van der Waals surface area (Å²) in [6.45, 7) is 3.31. The van der Waals surface area contributed by atoms with Gasteiger partial charge in [0.05, 0.1) is 18.0 Å². The van der Waals surface area contributed by atoms with Crippen molar-refractivity contribution in [2.45, 2.75) is 25.8 Å². The molecular weight excluding hydrogens is 342 g/mol. The Morgan fingerprint density at radius 1 is 1.41 bits per heavy atom. The summed E-state index contributed by atoms with van der Waals surface area (Å²) >= 11 is 0. The van der Waals surface area contributed by atoms with Crippen LogP contribution in [0.25, 0.3) is 22.3 Å². The second-order valence-corrected chi connectivity index (χ2v) is 7.13. The fourth-order valence-electron chi connectivity index (χ4n) is 3.65. The number of amides is 1. The van der Waals surface area contributed by atoms with Crippen molar-refractivity contribution in [2.24, 2.45) is 17.4 Å². The van der Waals surface area contributed by atoms with Gasteiger partial charge in [0.1, 0.15) is 5.69 Å². The zero-order valence-corrected chi connectivity index (χ0v) is 15.2. The highest BCUT2D eigenvalue weighted by atomic mass is 16.5. The van der Waals surface area contributed by atoms with Crippen molar-refractivity contribution in [3.05, 3.63) is 47.4 Å². The first kappa shape index (κ1) is 17.6. The smallest absolute Gasteiger partial charge is 0.269 e. The van der Waals surface area contributed by atoms with Crippen LogP contribution in [-0.4, -0.2) is 40.1 Å². The number of nitrogens with one attached hydrogen (secondary N) is 1. The summed E-state index contributed by atoms with van der Waals surface area (Å²) in [6, 6.07) is 8.00. The number of carbonyl (C=O) groups is 1. The Bertz CT molecular complexity index is 997. The summed E-state index contributed by atoms with van der Waals surface area (Å²) in [6.07, 6.45) is 3.21. The lowest BCUT2D eigenvalue weighted by atomic mass is 9.91. The molecule has 1 aliphatic heterocycles. The van der Waals surface area contributed by atoms with E-state index >= 15 is 0 Å². The number of hydrogen-bond donors (Lipinski definition) is 3. The van der Waals surface area contributed by atoms with E-state index in [9.17, 15) is 4.79 Å². The minimum atomic E-state index is -0.595. The summed E-state index contributed by atoms with van der Waals surface area (Å²) in [4.78, 5) is 24.3. The summed E-state index contributed by atoms with van der Waals surface area (Å²) < 4.78 is 5.41. The maximum atomic E-state index is 11.9. The number of aryl methyl sites for hydroxylation is 1. The van der Waals surface area contributed by atoms with Crippen LogP contribution in [0.1, 0.15) is 28.2 Å². The van der Waals surface area contributed by atoms with Gasteiger partial charge < -0.3 is 21.2 Å². The van der Waals surface area contributed by atoms with Crippen molar-refractivity contribution in [1.82, 2.24) is 15.0 Å². The topological polar surface area (TPSA) is 120 Å². The van der Waals surface area contributed by atoms with Crippen LogP contribution in [0.4, 0.5) is 0 Å². The molecule has 3 aromatic rings. The van der Waals surface area contributed by atoms with Crippen LogP contribution in [-0.2, 0) is 11.2 Å². The van der Waals surface area contributed by atoms with Crippen LogP contribution in [0.3, 0.4) is 0 Å². The standard InChI is InChI=1S/C20H23N5O2/c1-11-3-2-4-16-14(11)8-17(25-16)18-19(20(22)26)23-9-13(24-18)7-12-5-6-27-10-15(12)21/h2-4,8-9,12,15,25H,5-7,10,21H2,1H3,(H2,22,26)/t12-,15-/m0/s1. The van der Waals surface area contributed by atoms with E-state index in [0.29, 0.717) is 25.3 Å². The zero-order chi connectivity index (χ0) is 19.0. The Labute approximate surface area is 157 Å². The lowest BCUT2D eigenvalue weighted by Gasteiger charge is -2.28. The molecule has 5 N–H and O–H groups in total. The van der Waals surface area contributed by atoms with E-state index in [1.165, 1.54) is 0 Å². The molecule has 2 atom stereocenters. The first-order valence-corrected chi connectivity index (χ1v) is 9.10. The minimum absolute atomic E-state index is 0.0180. The predicted octanol–water partition coefficient (Wildman–Crippen LogP) is 1.94. The number of carbonyl (C=O) groups excluding carboxylic acids is 1. The molecule has 1 aliphatic rings. The van der Waals surface area contributed by atoms with Crippen molar-refractivity contribution in [1.29, 1.82) is 0 Å². The fraction of sp³-hybridized carbons (Fsp3) is 0.350. The predicted molar refractivity (Wildman–Crippen MR) is 103 cm³/mol. The number of nitrogens with two attached hydrogens (primary N) is 2. The van der Waals surface area contributed by atoms with E-state index < -0.39 is 5.91 Å². The third kappa shape index (κ3) is 3.43. The lowest BCUT2D eigenvalue weighted by Crippen LogP contribution is -2.40. The molecule has 27 heavy (non-hydrogen) atoms. The maximum absolute atomic E-state index is 11.9. The molecule has 0 bridgehead atoms. The molecule has 0 unspecified atom stereocenters. The Balaban J connectivity index is 1.75. The van der Waals surface area contributed by atoms with Gasteiger partial charge in [0, 0.05) is 29.7 Å². The third-order valence-corrected chi connectivity index (χ3v) is 5.21. The first-order chi connectivity index (χ1) is 13.0. The van der Waals surface area contributed by atoms with E-state index in [1.54, 1.807) is 6.20 Å². The van der Waals surface area contributed by atoms with E-state index in [4.69, 9.17) is 21.2 Å². The SMILES string of the molecule is Cc1cccc2[nH]c(-c3nc(C[C@@H]4CCOC[C@@H]4N)cnc3C(N)=O)cc12. The van der Waals surface area contributed by atoms with E-state index in [0.717, 1.165) is 34.3 Å². The van der Waals surface area contributed by atoms with Crippen LogP contribution in [0, 0.1) is 12.8 Å². The van der Waals surface area contributed by atoms with Crippen molar-refractivity contribution >= 4 is 16.8 Å². The average Bonchev–Trinajstić information content (AvgIpc) is 3.09.